The minimum atomic E-state index is 0.117. The van der Waals surface area contributed by atoms with E-state index in [0.717, 1.165) is 22.2 Å². The first-order chi connectivity index (χ1) is 8.95. The van der Waals surface area contributed by atoms with E-state index in [9.17, 15) is 0 Å². The summed E-state index contributed by atoms with van der Waals surface area (Å²) in [6.07, 6.45) is 0.819. The Bertz CT molecular complexity index is 578. The van der Waals surface area contributed by atoms with Crippen LogP contribution in [0.3, 0.4) is 0 Å². The molecule has 0 aliphatic rings. The maximum Gasteiger partial charge on any atom is 0.0987 e. The van der Waals surface area contributed by atoms with E-state index in [2.05, 4.69) is 11.2 Å². The molecule has 0 fully saturated rings. The Labute approximate surface area is 123 Å². The van der Waals surface area contributed by atoms with Gasteiger partial charge in [-0.2, -0.15) is 5.10 Å². The van der Waals surface area contributed by atoms with Crippen molar-refractivity contribution >= 4 is 23.4 Å². The second kappa shape index (κ2) is 5.99. The Morgan fingerprint density at radius 3 is 2.74 bits per heavy atom. The van der Waals surface area contributed by atoms with Gasteiger partial charge in [0.05, 0.1) is 10.7 Å². The molecule has 3 nitrogen and oxygen atoms in total. The predicted octanol–water partition coefficient (Wildman–Crippen LogP) is 3.42. The Hall–Kier alpha value is -0.970. The van der Waals surface area contributed by atoms with E-state index in [1.165, 1.54) is 10.5 Å². The van der Waals surface area contributed by atoms with Crippen LogP contribution in [0.2, 0.25) is 5.02 Å². The van der Waals surface area contributed by atoms with Gasteiger partial charge >= 0.3 is 0 Å². The van der Waals surface area contributed by atoms with E-state index in [0.29, 0.717) is 0 Å². The molecule has 0 spiro atoms. The molecule has 0 saturated heterocycles. The number of halogens is 1. The number of aromatic nitrogens is 2. The Morgan fingerprint density at radius 2 is 2.16 bits per heavy atom. The van der Waals surface area contributed by atoms with Gasteiger partial charge in [-0.15, -0.1) is 0 Å². The number of hydrogen-bond donors (Lipinski definition) is 1. The number of aryl methyl sites for hydroxylation is 2. The maximum atomic E-state index is 6.07. The number of benzene rings is 1. The van der Waals surface area contributed by atoms with E-state index < -0.39 is 0 Å². The van der Waals surface area contributed by atoms with Gasteiger partial charge in [0.2, 0.25) is 0 Å². The van der Waals surface area contributed by atoms with Gasteiger partial charge in [0.1, 0.15) is 0 Å². The first-order valence-electron chi connectivity index (χ1n) is 6.18. The Balaban J connectivity index is 2.31. The van der Waals surface area contributed by atoms with Crippen LogP contribution in [-0.4, -0.2) is 15.8 Å². The van der Waals surface area contributed by atoms with E-state index in [1.807, 2.05) is 43.8 Å². The molecule has 1 aromatic heterocycles. The van der Waals surface area contributed by atoms with Crippen LogP contribution >= 0.6 is 23.4 Å². The van der Waals surface area contributed by atoms with Crippen molar-refractivity contribution < 1.29 is 0 Å². The monoisotopic (exact) mass is 295 g/mol. The van der Waals surface area contributed by atoms with E-state index in [1.54, 1.807) is 11.8 Å². The first kappa shape index (κ1) is 14.4. The van der Waals surface area contributed by atoms with Gasteiger partial charge in [0, 0.05) is 23.0 Å². The van der Waals surface area contributed by atoms with Crippen LogP contribution in [0.4, 0.5) is 0 Å². The van der Waals surface area contributed by atoms with Gasteiger partial charge in [0.15, 0.2) is 0 Å². The minimum absolute atomic E-state index is 0.117. The van der Waals surface area contributed by atoms with E-state index >= 15 is 0 Å². The van der Waals surface area contributed by atoms with Crippen LogP contribution in [0.25, 0.3) is 0 Å². The lowest BCUT2D eigenvalue weighted by Gasteiger charge is -2.11. The van der Waals surface area contributed by atoms with Crippen molar-refractivity contribution in [1.82, 2.24) is 9.78 Å². The Kier molecular flexibility index (Phi) is 4.55. The minimum Gasteiger partial charge on any atom is -0.328 e. The lowest BCUT2D eigenvalue weighted by Crippen LogP contribution is -2.18. The third-order valence-corrected chi connectivity index (χ3v) is 4.18. The van der Waals surface area contributed by atoms with Crippen LogP contribution in [0.15, 0.2) is 34.2 Å². The quantitative estimate of drug-likeness (QED) is 0.940. The fourth-order valence-electron chi connectivity index (χ4n) is 1.95. The van der Waals surface area contributed by atoms with Crippen molar-refractivity contribution in [2.45, 2.75) is 36.2 Å². The zero-order chi connectivity index (χ0) is 14.0. The van der Waals surface area contributed by atoms with Crippen molar-refractivity contribution in [2.24, 2.45) is 12.8 Å². The molecular weight excluding hydrogens is 278 g/mol. The highest BCUT2D eigenvalue weighted by Crippen LogP contribution is 2.32. The van der Waals surface area contributed by atoms with Crippen molar-refractivity contribution in [3.05, 3.63) is 40.5 Å². The summed E-state index contributed by atoms with van der Waals surface area (Å²) in [4.78, 5) is 1.18. The lowest BCUT2D eigenvalue weighted by atomic mass is 10.1. The number of nitrogens with zero attached hydrogens (tertiary/aromatic N) is 2. The smallest absolute Gasteiger partial charge is 0.0987 e. The SMILES string of the molecule is Cc1cc(Sc2ccc(Cl)cc2CC(C)N)n(C)n1. The van der Waals surface area contributed by atoms with E-state index in [-0.39, 0.29) is 6.04 Å². The van der Waals surface area contributed by atoms with Crippen LogP contribution in [0.1, 0.15) is 18.2 Å². The highest BCUT2D eigenvalue weighted by molar-refractivity contribution is 7.99. The summed E-state index contributed by atoms with van der Waals surface area (Å²) < 4.78 is 1.89. The first-order valence-corrected chi connectivity index (χ1v) is 7.37. The fraction of sp³-hybridized carbons (Fsp3) is 0.357. The average molecular weight is 296 g/mol. The van der Waals surface area contributed by atoms with Crippen LogP contribution in [-0.2, 0) is 13.5 Å². The second-order valence-electron chi connectivity index (χ2n) is 4.78. The number of rotatable bonds is 4. The molecule has 1 heterocycles. The molecule has 1 aromatic carbocycles. The molecule has 1 atom stereocenters. The summed E-state index contributed by atoms with van der Waals surface area (Å²) in [5.74, 6) is 0. The molecule has 5 heteroatoms. The summed E-state index contributed by atoms with van der Waals surface area (Å²) in [5, 5.41) is 6.23. The van der Waals surface area contributed by atoms with Crippen LogP contribution < -0.4 is 5.73 Å². The van der Waals surface area contributed by atoms with Gasteiger partial charge in [-0.05, 0) is 50.1 Å². The van der Waals surface area contributed by atoms with Gasteiger partial charge < -0.3 is 5.73 Å². The molecule has 0 bridgehead atoms. The third-order valence-electron chi connectivity index (χ3n) is 2.74. The normalized spacial score (nSPS) is 12.7. The van der Waals surface area contributed by atoms with Crippen LogP contribution in [0.5, 0.6) is 0 Å². The highest BCUT2D eigenvalue weighted by atomic mass is 35.5. The second-order valence-corrected chi connectivity index (χ2v) is 6.28. The molecule has 0 radical (unpaired) electrons. The lowest BCUT2D eigenvalue weighted by molar-refractivity contribution is 0.691. The number of nitrogens with two attached hydrogens (primary N) is 1. The van der Waals surface area contributed by atoms with Gasteiger partial charge in [-0.1, -0.05) is 23.4 Å². The van der Waals surface area contributed by atoms with Gasteiger partial charge in [-0.25, -0.2) is 0 Å². The molecule has 102 valence electrons. The highest BCUT2D eigenvalue weighted by Gasteiger charge is 2.10. The fourth-order valence-corrected chi connectivity index (χ4v) is 3.18. The topological polar surface area (TPSA) is 43.8 Å². The zero-order valence-electron chi connectivity index (χ0n) is 11.4. The molecule has 19 heavy (non-hydrogen) atoms. The molecule has 0 saturated carbocycles. The van der Waals surface area contributed by atoms with Crippen molar-refractivity contribution in [3.63, 3.8) is 0 Å². The van der Waals surface area contributed by atoms with Crippen LogP contribution in [0, 0.1) is 6.92 Å². The summed E-state index contributed by atoms with van der Waals surface area (Å²) in [6.45, 7) is 4.00. The zero-order valence-corrected chi connectivity index (χ0v) is 12.9. The summed E-state index contributed by atoms with van der Waals surface area (Å²) in [7, 11) is 1.95. The van der Waals surface area contributed by atoms with Crippen molar-refractivity contribution in [3.8, 4) is 0 Å². The third kappa shape index (κ3) is 3.75. The largest absolute Gasteiger partial charge is 0.328 e. The van der Waals surface area contributed by atoms with E-state index in [4.69, 9.17) is 17.3 Å². The summed E-state index contributed by atoms with van der Waals surface area (Å²) in [5.41, 5.74) is 8.11. The van der Waals surface area contributed by atoms with Crippen molar-refractivity contribution in [2.75, 3.05) is 0 Å². The van der Waals surface area contributed by atoms with Crippen molar-refractivity contribution in [1.29, 1.82) is 0 Å². The summed E-state index contributed by atoms with van der Waals surface area (Å²) >= 11 is 7.77. The van der Waals surface area contributed by atoms with Gasteiger partial charge in [-0.3, -0.25) is 4.68 Å². The number of hydrogen-bond acceptors (Lipinski definition) is 3. The molecule has 0 aliphatic heterocycles. The molecule has 2 rings (SSSR count). The molecule has 0 amide bonds. The summed E-state index contributed by atoms with van der Waals surface area (Å²) in [6, 6.07) is 8.15. The molecule has 0 aliphatic carbocycles. The standard InChI is InChI=1S/C14H18ClN3S/c1-9(16)6-11-8-12(15)4-5-13(11)19-14-7-10(2)17-18(14)3/h4-5,7-9H,6,16H2,1-3H3. The molecule has 1 unspecified atom stereocenters. The molecule has 2 aromatic rings. The van der Waals surface area contributed by atoms with Gasteiger partial charge in [0.25, 0.3) is 0 Å². The predicted molar refractivity (Wildman–Crippen MR) is 80.9 cm³/mol. The molecule has 2 N–H and O–H groups in total. The molecular formula is C14H18ClN3S. The Morgan fingerprint density at radius 1 is 1.42 bits per heavy atom. The maximum absolute atomic E-state index is 6.07. The average Bonchev–Trinajstić information content (AvgIpc) is 2.60.